The predicted octanol–water partition coefficient (Wildman–Crippen LogP) is 3.31. The van der Waals surface area contributed by atoms with Crippen molar-refractivity contribution < 1.29 is 8.78 Å². The summed E-state index contributed by atoms with van der Waals surface area (Å²) < 4.78 is 26.3. The molecule has 0 radical (unpaired) electrons. The molecule has 1 N–H and O–H groups in total. The van der Waals surface area contributed by atoms with Gasteiger partial charge in [0.1, 0.15) is 17.5 Å². The van der Waals surface area contributed by atoms with Crippen LogP contribution in [0.5, 0.6) is 0 Å². The molecule has 18 heavy (non-hydrogen) atoms. The standard InChI is InChI=1S/C14H10F2N2/c15-10-2-1-3-12(6-10)18-8-9-4-5-11(16)7-13(9)14(18)17/h1-7,17H,8H2. The van der Waals surface area contributed by atoms with Gasteiger partial charge in [-0.25, -0.2) is 8.78 Å². The van der Waals surface area contributed by atoms with Gasteiger partial charge in [-0.3, -0.25) is 5.41 Å². The van der Waals surface area contributed by atoms with Crippen LogP contribution in [-0.2, 0) is 6.54 Å². The first-order chi connectivity index (χ1) is 8.65. The van der Waals surface area contributed by atoms with E-state index in [0.29, 0.717) is 17.8 Å². The lowest BCUT2D eigenvalue weighted by molar-refractivity contribution is 0.627. The van der Waals surface area contributed by atoms with Crippen LogP contribution in [-0.4, -0.2) is 5.84 Å². The lowest BCUT2D eigenvalue weighted by Crippen LogP contribution is -2.23. The number of rotatable bonds is 1. The Kier molecular flexibility index (Phi) is 2.37. The van der Waals surface area contributed by atoms with E-state index in [4.69, 9.17) is 5.41 Å². The first-order valence-electron chi connectivity index (χ1n) is 5.55. The molecular weight excluding hydrogens is 234 g/mol. The van der Waals surface area contributed by atoms with Crippen molar-refractivity contribution in [3.05, 3.63) is 65.2 Å². The third-order valence-electron chi connectivity index (χ3n) is 3.05. The molecule has 0 saturated heterocycles. The minimum Gasteiger partial charge on any atom is -0.322 e. The molecule has 0 saturated carbocycles. The van der Waals surface area contributed by atoms with Crippen LogP contribution < -0.4 is 4.90 Å². The van der Waals surface area contributed by atoms with Crippen molar-refractivity contribution in [2.75, 3.05) is 4.90 Å². The van der Waals surface area contributed by atoms with Gasteiger partial charge in [-0.2, -0.15) is 0 Å². The molecule has 2 aromatic carbocycles. The van der Waals surface area contributed by atoms with Crippen LogP contribution >= 0.6 is 0 Å². The highest BCUT2D eigenvalue weighted by atomic mass is 19.1. The van der Waals surface area contributed by atoms with Crippen LogP contribution in [0.4, 0.5) is 14.5 Å². The zero-order chi connectivity index (χ0) is 12.7. The van der Waals surface area contributed by atoms with E-state index in [1.54, 1.807) is 23.1 Å². The highest BCUT2D eigenvalue weighted by Gasteiger charge is 2.25. The maximum absolute atomic E-state index is 13.2. The van der Waals surface area contributed by atoms with Crippen LogP contribution in [0.25, 0.3) is 0 Å². The fourth-order valence-corrected chi connectivity index (χ4v) is 2.17. The Balaban J connectivity index is 2.02. The first-order valence-corrected chi connectivity index (χ1v) is 5.55. The van der Waals surface area contributed by atoms with Gasteiger partial charge in [0.05, 0.1) is 6.54 Å². The highest BCUT2D eigenvalue weighted by molar-refractivity contribution is 6.11. The number of nitrogens with zero attached hydrogens (tertiary/aromatic N) is 1. The van der Waals surface area contributed by atoms with E-state index in [1.807, 2.05) is 0 Å². The van der Waals surface area contributed by atoms with Crippen molar-refractivity contribution >= 4 is 11.5 Å². The number of hydrogen-bond donors (Lipinski definition) is 1. The van der Waals surface area contributed by atoms with Gasteiger partial charge in [0.15, 0.2) is 0 Å². The molecule has 0 aliphatic carbocycles. The molecular formula is C14H10F2N2. The Bertz CT molecular complexity index is 637. The molecule has 1 aliphatic rings. The summed E-state index contributed by atoms with van der Waals surface area (Å²) in [5, 5.41) is 8.03. The van der Waals surface area contributed by atoms with Gasteiger partial charge in [0.25, 0.3) is 0 Å². The molecule has 1 aliphatic heterocycles. The number of hydrogen-bond acceptors (Lipinski definition) is 1. The summed E-state index contributed by atoms with van der Waals surface area (Å²) >= 11 is 0. The maximum Gasteiger partial charge on any atom is 0.133 e. The fraction of sp³-hybridized carbons (Fsp3) is 0.0714. The van der Waals surface area contributed by atoms with Crippen molar-refractivity contribution in [2.24, 2.45) is 0 Å². The van der Waals surface area contributed by atoms with E-state index < -0.39 is 0 Å². The third-order valence-corrected chi connectivity index (χ3v) is 3.05. The molecule has 4 heteroatoms. The topological polar surface area (TPSA) is 27.1 Å². The molecule has 90 valence electrons. The van der Waals surface area contributed by atoms with Crippen molar-refractivity contribution in [1.82, 2.24) is 0 Å². The maximum atomic E-state index is 13.2. The molecule has 0 aromatic heterocycles. The summed E-state index contributed by atoms with van der Waals surface area (Å²) in [5.74, 6) is -0.503. The Hall–Kier alpha value is -2.23. The molecule has 1 heterocycles. The normalized spacial score (nSPS) is 13.9. The van der Waals surface area contributed by atoms with Gasteiger partial charge in [-0.15, -0.1) is 0 Å². The number of halogens is 2. The van der Waals surface area contributed by atoms with Crippen LogP contribution in [0.2, 0.25) is 0 Å². The zero-order valence-corrected chi connectivity index (χ0v) is 9.45. The summed E-state index contributed by atoms with van der Waals surface area (Å²) in [6, 6.07) is 10.4. The summed E-state index contributed by atoms with van der Waals surface area (Å²) in [7, 11) is 0. The Morgan fingerprint density at radius 2 is 1.78 bits per heavy atom. The second-order valence-corrected chi connectivity index (χ2v) is 4.22. The van der Waals surface area contributed by atoms with Gasteiger partial charge < -0.3 is 4.90 Å². The van der Waals surface area contributed by atoms with Crippen LogP contribution in [0, 0.1) is 17.0 Å². The summed E-state index contributed by atoms with van der Waals surface area (Å²) in [4.78, 5) is 1.66. The predicted molar refractivity (Wildman–Crippen MR) is 65.8 cm³/mol. The fourth-order valence-electron chi connectivity index (χ4n) is 2.17. The summed E-state index contributed by atoms with van der Waals surface area (Å²) in [6.07, 6.45) is 0. The SMILES string of the molecule is N=C1c2cc(F)ccc2CN1c1cccc(F)c1. The monoisotopic (exact) mass is 244 g/mol. The van der Waals surface area contributed by atoms with Gasteiger partial charge in [0.2, 0.25) is 0 Å². The molecule has 0 unspecified atom stereocenters. The lowest BCUT2D eigenvalue weighted by atomic mass is 10.1. The second-order valence-electron chi connectivity index (χ2n) is 4.22. The first kappa shape index (κ1) is 10.9. The minimum absolute atomic E-state index is 0.204. The van der Waals surface area contributed by atoms with Crippen LogP contribution in [0.3, 0.4) is 0 Å². The third kappa shape index (κ3) is 1.66. The second kappa shape index (κ2) is 3.91. The van der Waals surface area contributed by atoms with Gasteiger partial charge in [0, 0.05) is 11.3 Å². The number of nitrogens with one attached hydrogen (secondary N) is 1. The molecule has 2 nitrogen and oxygen atoms in total. The van der Waals surface area contributed by atoms with Gasteiger partial charge in [-0.1, -0.05) is 12.1 Å². The number of anilines is 1. The molecule has 0 atom stereocenters. The van der Waals surface area contributed by atoms with E-state index in [0.717, 1.165) is 5.56 Å². The molecule has 0 amide bonds. The lowest BCUT2D eigenvalue weighted by Gasteiger charge is -2.17. The van der Waals surface area contributed by atoms with E-state index in [1.165, 1.54) is 24.3 Å². The van der Waals surface area contributed by atoms with Crippen molar-refractivity contribution in [3.8, 4) is 0 Å². The van der Waals surface area contributed by atoms with Crippen molar-refractivity contribution in [3.63, 3.8) is 0 Å². The molecule has 0 spiro atoms. The quantitative estimate of drug-likeness (QED) is 0.818. The molecule has 0 fully saturated rings. The van der Waals surface area contributed by atoms with Crippen LogP contribution in [0.1, 0.15) is 11.1 Å². The molecule has 2 aromatic rings. The summed E-state index contributed by atoms with van der Waals surface area (Å²) in [5.41, 5.74) is 2.06. The minimum atomic E-state index is -0.361. The summed E-state index contributed by atoms with van der Waals surface area (Å²) in [6.45, 7) is 0.470. The van der Waals surface area contributed by atoms with Gasteiger partial charge >= 0.3 is 0 Å². The average Bonchev–Trinajstić information content (AvgIpc) is 2.67. The Labute approximate surface area is 103 Å². The smallest absolute Gasteiger partial charge is 0.133 e. The zero-order valence-electron chi connectivity index (χ0n) is 9.45. The Morgan fingerprint density at radius 3 is 2.56 bits per heavy atom. The average molecular weight is 244 g/mol. The van der Waals surface area contributed by atoms with Crippen molar-refractivity contribution in [1.29, 1.82) is 5.41 Å². The van der Waals surface area contributed by atoms with Crippen molar-refractivity contribution in [2.45, 2.75) is 6.54 Å². The number of amidine groups is 1. The van der Waals surface area contributed by atoms with Gasteiger partial charge in [-0.05, 0) is 35.9 Å². The number of fused-ring (bicyclic) bond motifs is 1. The highest BCUT2D eigenvalue weighted by Crippen LogP contribution is 2.28. The number of benzene rings is 2. The van der Waals surface area contributed by atoms with E-state index in [-0.39, 0.29) is 17.5 Å². The Morgan fingerprint density at radius 1 is 1.00 bits per heavy atom. The van der Waals surface area contributed by atoms with E-state index in [9.17, 15) is 8.78 Å². The largest absolute Gasteiger partial charge is 0.322 e. The molecule has 0 bridgehead atoms. The van der Waals surface area contributed by atoms with Crippen LogP contribution in [0.15, 0.2) is 42.5 Å². The van der Waals surface area contributed by atoms with E-state index >= 15 is 0 Å². The van der Waals surface area contributed by atoms with E-state index in [2.05, 4.69) is 0 Å². The molecule has 3 rings (SSSR count).